The van der Waals surface area contributed by atoms with Gasteiger partial charge in [-0.1, -0.05) is 0 Å². The van der Waals surface area contributed by atoms with Crippen molar-refractivity contribution in [3.8, 4) is 17.1 Å². The molecule has 3 aromatic heterocycles. The molecule has 3 N–H and O–H groups in total. The van der Waals surface area contributed by atoms with E-state index in [4.69, 9.17) is 15.6 Å². The fourth-order valence-corrected chi connectivity index (χ4v) is 2.29. The second-order valence-corrected chi connectivity index (χ2v) is 6.50. The standard InChI is InChI=1S/C16H12F5N7O.C2HF3O2/c17-14(18)10(3-22)7-28-15(29)27(8-26-28)13-6-23-11(5-25-13)9-1-2-12(24-4-9)16(19,20)21;3-2(4,5)1(6)7/h1-2,4-6,8H,3,7,22H2;(H,6,7). The first-order chi connectivity index (χ1) is 16.6. The van der Waals surface area contributed by atoms with E-state index in [9.17, 15) is 39.9 Å². The van der Waals surface area contributed by atoms with Crippen molar-refractivity contribution in [2.75, 3.05) is 6.54 Å². The molecule has 10 nitrogen and oxygen atoms in total. The Bertz CT molecular complexity index is 1280. The Hall–Kier alpha value is -4.22. The molecule has 0 radical (unpaired) electrons. The largest absolute Gasteiger partial charge is 0.490 e. The van der Waals surface area contributed by atoms with Crippen molar-refractivity contribution in [1.82, 2.24) is 29.3 Å². The summed E-state index contributed by atoms with van der Waals surface area (Å²) < 4.78 is 96.6. The molecule has 194 valence electrons. The fourth-order valence-electron chi connectivity index (χ4n) is 2.29. The van der Waals surface area contributed by atoms with Crippen LogP contribution in [0.25, 0.3) is 17.1 Å². The van der Waals surface area contributed by atoms with E-state index in [0.29, 0.717) is 0 Å². The van der Waals surface area contributed by atoms with E-state index in [0.717, 1.165) is 27.8 Å². The van der Waals surface area contributed by atoms with Crippen LogP contribution in [-0.2, 0) is 17.5 Å². The Balaban J connectivity index is 0.000000572. The normalized spacial score (nSPS) is 11.5. The first kappa shape index (κ1) is 28.0. The molecule has 0 atom stereocenters. The van der Waals surface area contributed by atoms with E-state index in [1.54, 1.807) is 0 Å². The van der Waals surface area contributed by atoms with Gasteiger partial charge in [-0.3, -0.25) is 9.97 Å². The van der Waals surface area contributed by atoms with E-state index in [1.807, 2.05) is 0 Å². The maximum Gasteiger partial charge on any atom is 0.490 e. The van der Waals surface area contributed by atoms with Crippen molar-refractivity contribution in [1.29, 1.82) is 0 Å². The van der Waals surface area contributed by atoms with Crippen molar-refractivity contribution in [2.45, 2.75) is 18.9 Å². The molecule has 0 aliphatic carbocycles. The lowest BCUT2D eigenvalue weighted by Gasteiger charge is -2.06. The minimum absolute atomic E-state index is 0.0452. The molecule has 0 aromatic carbocycles. The third-order valence-electron chi connectivity index (χ3n) is 4.06. The summed E-state index contributed by atoms with van der Waals surface area (Å²) >= 11 is 0. The number of nitrogens with two attached hydrogens (primary N) is 1. The van der Waals surface area contributed by atoms with Crippen LogP contribution in [0.2, 0.25) is 0 Å². The number of carboxylic acid groups (broad SMARTS) is 1. The number of aliphatic carboxylic acids is 1. The zero-order chi connectivity index (χ0) is 27.3. The van der Waals surface area contributed by atoms with E-state index in [2.05, 4.69) is 20.1 Å². The Morgan fingerprint density at radius 3 is 2.06 bits per heavy atom. The Kier molecular flexibility index (Phi) is 8.57. The lowest BCUT2D eigenvalue weighted by atomic mass is 10.2. The van der Waals surface area contributed by atoms with Gasteiger partial charge in [0, 0.05) is 23.9 Å². The van der Waals surface area contributed by atoms with Gasteiger partial charge in [-0.25, -0.2) is 23.8 Å². The summed E-state index contributed by atoms with van der Waals surface area (Å²) in [6.07, 6.45) is -7.12. The van der Waals surface area contributed by atoms with Crippen LogP contribution in [0, 0.1) is 0 Å². The second kappa shape index (κ2) is 11.0. The summed E-state index contributed by atoms with van der Waals surface area (Å²) in [5.41, 5.74) is 3.51. The van der Waals surface area contributed by atoms with E-state index in [-0.39, 0.29) is 17.1 Å². The highest BCUT2D eigenvalue weighted by Crippen LogP contribution is 2.28. The molecule has 3 heterocycles. The maximum absolute atomic E-state index is 12.7. The molecule has 0 unspecified atom stereocenters. The number of nitrogens with zero attached hydrogens (tertiary/aromatic N) is 6. The molecule has 0 saturated carbocycles. The van der Waals surface area contributed by atoms with E-state index in [1.165, 1.54) is 18.5 Å². The SMILES string of the molecule is NCC(Cn1ncn(-c2cnc(-c3ccc(C(F)(F)F)nc3)cn2)c1=O)=C(F)F.O=C(O)C(F)(F)F. The van der Waals surface area contributed by atoms with E-state index >= 15 is 0 Å². The van der Waals surface area contributed by atoms with Gasteiger partial charge in [0.25, 0.3) is 6.08 Å². The summed E-state index contributed by atoms with van der Waals surface area (Å²) in [6.45, 7) is -0.912. The molecule has 18 heteroatoms. The van der Waals surface area contributed by atoms with Crippen LogP contribution in [0.4, 0.5) is 35.1 Å². The highest BCUT2D eigenvalue weighted by molar-refractivity contribution is 5.73. The molecule has 0 spiro atoms. The first-order valence-corrected chi connectivity index (χ1v) is 9.18. The third-order valence-corrected chi connectivity index (χ3v) is 4.06. The molecule has 0 amide bonds. The van der Waals surface area contributed by atoms with Crippen molar-refractivity contribution in [3.05, 3.63) is 64.9 Å². The summed E-state index contributed by atoms with van der Waals surface area (Å²) in [4.78, 5) is 32.6. The number of halogens is 8. The number of hydrogen-bond acceptors (Lipinski definition) is 7. The first-order valence-electron chi connectivity index (χ1n) is 9.18. The number of carboxylic acids is 1. The number of alkyl halides is 6. The smallest absolute Gasteiger partial charge is 0.475 e. The molecular weight excluding hydrogens is 514 g/mol. The quantitative estimate of drug-likeness (QED) is 0.483. The molecule has 36 heavy (non-hydrogen) atoms. The van der Waals surface area contributed by atoms with Crippen LogP contribution in [0.5, 0.6) is 0 Å². The number of hydrogen-bond donors (Lipinski definition) is 2. The fraction of sp³-hybridized carbons (Fsp3) is 0.222. The molecule has 0 saturated heterocycles. The molecule has 3 aromatic rings. The molecule has 0 aliphatic heterocycles. The lowest BCUT2D eigenvalue weighted by molar-refractivity contribution is -0.192. The average Bonchev–Trinajstić information content (AvgIpc) is 3.16. The molecular formula is C18H13F8N7O3. The van der Waals surface area contributed by atoms with Crippen LogP contribution in [0.15, 0.2) is 53.5 Å². The second-order valence-electron chi connectivity index (χ2n) is 6.50. The highest BCUT2D eigenvalue weighted by Gasteiger charge is 2.38. The van der Waals surface area contributed by atoms with Crippen molar-refractivity contribution >= 4 is 5.97 Å². The highest BCUT2D eigenvalue weighted by atomic mass is 19.4. The van der Waals surface area contributed by atoms with Gasteiger partial charge in [0.15, 0.2) is 5.82 Å². The van der Waals surface area contributed by atoms with Gasteiger partial charge in [0.2, 0.25) is 0 Å². The van der Waals surface area contributed by atoms with Crippen LogP contribution in [0.1, 0.15) is 5.69 Å². The van der Waals surface area contributed by atoms with Crippen LogP contribution in [0.3, 0.4) is 0 Å². The predicted molar refractivity (Wildman–Crippen MR) is 104 cm³/mol. The van der Waals surface area contributed by atoms with Gasteiger partial charge < -0.3 is 10.8 Å². The maximum atomic E-state index is 12.7. The van der Waals surface area contributed by atoms with Crippen molar-refractivity contribution < 1.29 is 45.0 Å². The molecule has 0 aliphatic rings. The lowest BCUT2D eigenvalue weighted by Crippen LogP contribution is -2.26. The van der Waals surface area contributed by atoms with Crippen molar-refractivity contribution in [2.24, 2.45) is 5.73 Å². The topological polar surface area (TPSA) is 142 Å². The Morgan fingerprint density at radius 2 is 1.64 bits per heavy atom. The van der Waals surface area contributed by atoms with Crippen LogP contribution < -0.4 is 11.4 Å². The third kappa shape index (κ3) is 7.14. The molecule has 0 fully saturated rings. The minimum Gasteiger partial charge on any atom is -0.475 e. The summed E-state index contributed by atoms with van der Waals surface area (Å²) in [5.74, 6) is -2.71. The van der Waals surface area contributed by atoms with Crippen LogP contribution >= 0.6 is 0 Å². The zero-order valence-corrected chi connectivity index (χ0v) is 17.4. The van der Waals surface area contributed by atoms with Gasteiger partial charge in [0.1, 0.15) is 12.0 Å². The number of aromatic nitrogens is 6. The summed E-state index contributed by atoms with van der Waals surface area (Å²) in [7, 11) is 0. The summed E-state index contributed by atoms with van der Waals surface area (Å²) in [5, 5.41) is 10.9. The van der Waals surface area contributed by atoms with Crippen molar-refractivity contribution in [3.63, 3.8) is 0 Å². The van der Waals surface area contributed by atoms with E-state index < -0.39 is 54.4 Å². The average molecular weight is 527 g/mol. The Morgan fingerprint density at radius 1 is 1.00 bits per heavy atom. The van der Waals surface area contributed by atoms with Gasteiger partial charge in [-0.15, -0.1) is 0 Å². The monoisotopic (exact) mass is 527 g/mol. The van der Waals surface area contributed by atoms with Gasteiger partial charge >= 0.3 is 24.0 Å². The molecule has 3 rings (SSSR count). The van der Waals surface area contributed by atoms with Gasteiger partial charge in [0.05, 0.1) is 24.6 Å². The predicted octanol–water partition coefficient (Wildman–Crippen LogP) is 2.65. The number of pyridine rings is 1. The number of rotatable bonds is 5. The van der Waals surface area contributed by atoms with Gasteiger partial charge in [-0.05, 0) is 12.1 Å². The summed E-state index contributed by atoms with van der Waals surface area (Å²) in [6, 6.07) is 2.00. The molecule has 0 bridgehead atoms. The van der Waals surface area contributed by atoms with Crippen LogP contribution in [-0.4, -0.2) is 53.1 Å². The zero-order valence-electron chi connectivity index (χ0n) is 17.4. The Labute approximate surface area is 194 Å². The number of carbonyl (C=O) groups is 1. The minimum atomic E-state index is -5.08. The van der Waals surface area contributed by atoms with Gasteiger partial charge in [-0.2, -0.15) is 40.2 Å².